The van der Waals surface area contributed by atoms with Gasteiger partial charge in [-0.3, -0.25) is 4.90 Å². The molecule has 104 valence electrons. The topological polar surface area (TPSA) is 3.24 Å². The monoisotopic (exact) mass is 265 g/mol. The van der Waals surface area contributed by atoms with Crippen molar-refractivity contribution in [3.8, 4) is 0 Å². The highest BCUT2D eigenvalue weighted by Gasteiger charge is 2.37. The van der Waals surface area contributed by atoms with E-state index in [0.717, 1.165) is 19.5 Å². The van der Waals surface area contributed by atoms with Crippen LogP contribution in [0.15, 0.2) is 61.2 Å². The number of allylic oxidation sites excluding steroid dienone is 1. The molecule has 20 heavy (non-hydrogen) atoms. The van der Waals surface area contributed by atoms with E-state index in [-0.39, 0.29) is 0 Å². The Labute approximate surface area is 122 Å². The van der Waals surface area contributed by atoms with E-state index in [0.29, 0.717) is 12.0 Å². The minimum absolute atomic E-state index is 0.490. The van der Waals surface area contributed by atoms with E-state index in [4.69, 9.17) is 0 Å². The molecule has 2 aliphatic rings. The number of hydrogen-bond donors (Lipinski definition) is 0. The second-order valence-corrected chi connectivity index (χ2v) is 5.81. The van der Waals surface area contributed by atoms with Gasteiger partial charge in [0.15, 0.2) is 0 Å². The quantitative estimate of drug-likeness (QED) is 0.718. The number of fused-ring (bicyclic) bond motifs is 2. The molecule has 1 aromatic carbocycles. The molecule has 1 nitrogen and oxygen atoms in total. The molecular formula is C19H23N. The number of hydrogen-bond acceptors (Lipinski definition) is 1. The van der Waals surface area contributed by atoms with Crippen LogP contribution >= 0.6 is 0 Å². The molecule has 0 unspecified atom stereocenters. The largest absolute Gasteiger partial charge is 0.288 e. The van der Waals surface area contributed by atoms with E-state index < -0.39 is 0 Å². The van der Waals surface area contributed by atoms with Gasteiger partial charge in [-0.15, -0.1) is 13.2 Å². The van der Waals surface area contributed by atoms with Crippen molar-refractivity contribution in [1.82, 2.24) is 4.90 Å². The average Bonchev–Trinajstić information content (AvgIpc) is 2.92. The highest BCUT2D eigenvalue weighted by atomic mass is 15.2. The first-order chi connectivity index (χ1) is 9.85. The summed E-state index contributed by atoms with van der Waals surface area (Å²) in [6.45, 7) is 9.71. The lowest BCUT2D eigenvalue weighted by Gasteiger charge is -2.40. The van der Waals surface area contributed by atoms with Gasteiger partial charge in [-0.25, -0.2) is 0 Å². The molecule has 0 aliphatic heterocycles. The third kappa shape index (κ3) is 2.27. The van der Waals surface area contributed by atoms with Crippen LogP contribution in [0.3, 0.4) is 0 Å². The molecule has 2 atom stereocenters. The molecule has 3 rings (SSSR count). The Morgan fingerprint density at radius 3 is 2.65 bits per heavy atom. The Balaban J connectivity index is 2.03. The molecule has 1 heteroatoms. The summed E-state index contributed by atoms with van der Waals surface area (Å²) in [5.41, 5.74) is 4.66. The first kappa shape index (κ1) is 13.4. The second-order valence-electron chi connectivity index (χ2n) is 5.81. The van der Waals surface area contributed by atoms with Crippen molar-refractivity contribution in [2.75, 3.05) is 13.1 Å². The van der Waals surface area contributed by atoms with Crippen molar-refractivity contribution < 1.29 is 0 Å². The van der Waals surface area contributed by atoms with Gasteiger partial charge in [0, 0.05) is 25.0 Å². The fourth-order valence-corrected chi connectivity index (χ4v) is 3.85. The molecule has 0 saturated heterocycles. The first-order valence-corrected chi connectivity index (χ1v) is 7.57. The molecule has 0 aromatic heterocycles. The van der Waals surface area contributed by atoms with Crippen molar-refractivity contribution in [2.24, 2.45) is 5.92 Å². The maximum absolute atomic E-state index is 3.93. The van der Waals surface area contributed by atoms with Crippen LogP contribution in [0.1, 0.15) is 30.0 Å². The fraction of sp³-hybridized carbons (Fsp3) is 0.368. The summed E-state index contributed by atoms with van der Waals surface area (Å²) < 4.78 is 0. The van der Waals surface area contributed by atoms with E-state index in [2.05, 4.69) is 48.4 Å². The predicted octanol–water partition coefficient (Wildman–Crippen LogP) is 4.29. The average molecular weight is 265 g/mol. The zero-order valence-corrected chi connectivity index (χ0v) is 12.1. The maximum atomic E-state index is 3.93. The third-order valence-electron chi connectivity index (χ3n) is 4.63. The van der Waals surface area contributed by atoms with Gasteiger partial charge in [-0.2, -0.15) is 0 Å². The summed E-state index contributed by atoms with van der Waals surface area (Å²) in [5, 5.41) is 0. The zero-order chi connectivity index (χ0) is 13.9. The standard InChI is InChI=1S/C19H23N/c1-3-12-20(13-4-2)19-17-10-6-5-8-15(17)14-16-9-7-11-18(16)19/h3-6,8-10,18-19H,1-2,7,11-14H2/t18-,19-/m1/s1. The molecule has 0 spiro atoms. The van der Waals surface area contributed by atoms with Gasteiger partial charge in [-0.1, -0.05) is 48.1 Å². The smallest absolute Gasteiger partial charge is 0.0423 e. The summed E-state index contributed by atoms with van der Waals surface area (Å²) >= 11 is 0. The van der Waals surface area contributed by atoms with Crippen molar-refractivity contribution in [3.63, 3.8) is 0 Å². The number of rotatable bonds is 5. The second kappa shape index (κ2) is 5.80. The molecular weight excluding hydrogens is 242 g/mol. The Hall–Kier alpha value is -1.60. The molecule has 0 amide bonds. The van der Waals surface area contributed by atoms with Crippen LogP contribution in [0.4, 0.5) is 0 Å². The van der Waals surface area contributed by atoms with Crippen molar-refractivity contribution in [2.45, 2.75) is 25.3 Å². The molecule has 1 aromatic rings. The van der Waals surface area contributed by atoms with Crippen LogP contribution < -0.4 is 0 Å². The van der Waals surface area contributed by atoms with Crippen LogP contribution in [0, 0.1) is 5.92 Å². The predicted molar refractivity (Wildman–Crippen MR) is 85.7 cm³/mol. The highest BCUT2D eigenvalue weighted by molar-refractivity contribution is 5.41. The van der Waals surface area contributed by atoms with E-state index in [1.807, 2.05) is 12.2 Å². The summed E-state index contributed by atoms with van der Waals surface area (Å²) in [5.74, 6) is 0.685. The fourth-order valence-electron chi connectivity index (χ4n) is 3.85. The Morgan fingerprint density at radius 1 is 1.15 bits per heavy atom. The molecule has 0 radical (unpaired) electrons. The molecule has 0 bridgehead atoms. The van der Waals surface area contributed by atoms with E-state index in [1.165, 1.54) is 24.0 Å². The molecule has 2 aliphatic carbocycles. The van der Waals surface area contributed by atoms with Gasteiger partial charge in [0.1, 0.15) is 0 Å². The SMILES string of the molecule is C=CCN(CC=C)[C@@H]1c2ccccc2CC2=CCC[C@H]21. The van der Waals surface area contributed by atoms with Crippen molar-refractivity contribution >= 4 is 0 Å². The highest BCUT2D eigenvalue weighted by Crippen LogP contribution is 2.46. The lowest BCUT2D eigenvalue weighted by molar-refractivity contribution is 0.182. The van der Waals surface area contributed by atoms with E-state index >= 15 is 0 Å². The van der Waals surface area contributed by atoms with E-state index in [1.54, 1.807) is 5.57 Å². The minimum Gasteiger partial charge on any atom is -0.288 e. The van der Waals surface area contributed by atoms with E-state index in [9.17, 15) is 0 Å². The van der Waals surface area contributed by atoms with Gasteiger partial charge in [-0.05, 0) is 30.4 Å². The molecule has 0 heterocycles. The summed E-state index contributed by atoms with van der Waals surface area (Å²) in [7, 11) is 0. The summed E-state index contributed by atoms with van der Waals surface area (Å²) in [6.07, 6.45) is 10.2. The molecule has 0 fully saturated rings. The van der Waals surface area contributed by atoms with Crippen LogP contribution in [-0.2, 0) is 6.42 Å². The normalized spacial score (nSPS) is 23.9. The molecule has 0 N–H and O–H groups in total. The number of nitrogens with zero attached hydrogens (tertiary/aromatic N) is 1. The van der Waals surface area contributed by atoms with Crippen LogP contribution in [0.5, 0.6) is 0 Å². The summed E-state index contributed by atoms with van der Waals surface area (Å²) in [6, 6.07) is 9.43. The summed E-state index contributed by atoms with van der Waals surface area (Å²) in [4.78, 5) is 2.52. The Kier molecular flexibility index (Phi) is 3.88. The lowest BCUT2D eigenvalue weighted by atomic mass is 9.76. The minimum atomic E-state index is 0.490. The van der Waals surface area contributed by atoms with Crippen LogP contribution in [-0.4, -0.2) is 18.0 Å². The van der Waals surface area contributed by atoms with Crippen molar-refractivity contribution in [3.05, 3.63) is 72.4 Å². The zero-order valence-electron chi connectivity index (χ0n) is 12.1. The van der Waals surface area contributed by atoms with Crippen LogP contribution in [0.25, 0.3) is 0 Å². The van der Waals surface area contributed by atoms with Gasteiger partial charge in [0.05, 0.1) is 0 Å². The van der Waals surface area contributed by atoms with Crippen molar-refractivity contribution in [1.29, 1.82) is 0 Å². The van der Waals surface area contributed by atoms with Crippen LogP contribution in [0.2, 0.25) is 0 Å². The van der Waals surface area contributed by atoms with Gasteiger partial charge >= 0.3 is 0 Å². The van der Waals surface area contributed by atoms with Gasteiger partial charge in [0.25, 0.3) is 0 Å². The van der Waals surface area contributed by atoms with Gasteiger partial charge < -0.3 is 0 Å². The Morgan fingerprint density at radius 2 is 1.90 bits per heavy atom. The first-order valence-electron chi connectivity index (χ1n) is 7.57. The van der Waals surface area contributed by atoms with Gasteiger partial charge in [0.2, 0.25) is 0 Å². The maximum Gasteiger partial charge on any atom is 0.0423 e. The lowest BCUT2D eigenvalue weighted by Crippen LogP contribution is -2.37. The molecule has 0 saturated carbocycles. The third-order valence-corrected chi connectivity index (χ3v) is 4.63. The number of benzene rings is 1. The Bertz CT molecular complexity index is 530.